The van der Waals surface area contributed by atoms with Crippen LogP contribution >= 0.6 is 0 Å². The second kappa shape index (κ2) is 16.3. The van der Waals surface area contributed by atoms with Crippen LogP contribution in [0.5, 0.6) is 0 Å². The van der Waals surface area contributed by atoms with Crippen LogP contribution in [0, 0.1) is 0 Å². The molecular weight excluding hydrogens is 500 g/mol. The monoisotopic (exact) mass is 536 g/mol. The molecule has 0 radical (unpaired) electrons. The Morgan fingerprint density at radius 3 is 1.43 bits per heavy atom. The number of ether oxygens (including phenoxy) is 4. The van der Waals surface area contributed by atoms with Crippen LogP contribution in [0.15, 0.2) is 134 Å². The van der Waals surface area contributed by atoms with Crippen molar-refractivity contribution in [3.05, 3.63) is 156 Å². The summed E-state index contributed by atoms with van der Waals surface area (Å²) in [5.41, 5.74) is 3.93. The molecule has 0 fully saturated rings. The van der Waals surface area contributed by atoms with E-state index in [9.17, 15) is 4.79 Å². The van der Waals surface area contributed by atoms with Crippen LogP contribution in [0.4, 0.5) is 0 Å². The third-order valence-electron chi connectivity index (χ3n) is 6.37. The molecule has 5 nitrogen and oxygen atoms in total. The molecule has 0 unspecified atom stereocenters. The minimum absolute atomic E-state index is 0.123. The number of ketones is 1. The maximum atomic E-state index is 13.7. The van der Waals surface area contributed by atoms with Gasteiger partial charge in [-0.1, -0.05) is 127 Å². The molecule has 5 heteroatoms. The maximum absolute atomic E-state index is 13.7. The molecular formula is C35H36O5. The van der Waals surface area contributed by atoms with Gasteiger partial charge >= 0.3 is 0 Å². The van der Waals surface area contributed by atoms with Crippen LogP contribution in [0.3, 0.4) is 0 Å². The summed E-state index contributed by atoms with van der Waals surface area (Å²) in [6.07, 6.45) is -0.630. The van der Waals surface area contributed by atoms with Crippen LogP contribution in [0.2, 0.25) is 0 Å². The van der Waals surface area contributed by atoms with Crippen molar-refractivity contribution in [2.24, 2.45) is 0 Å². The highest BCUT2D eigenvalue weighted by atomic mass is 16.6. The van der Waals surface area contributed by atoms with Crippen LogP contribution in [-0.2, 0) is 50.2 Å². The van der Waals surface area contributed by atoms with Crippen molar-refractivity contribution in [2.75, 3.05) is 6.61 Å². The Labute approximate surface area is 237 Å². The van der Waals surface area contributed by atoms with Crippen molar-refractivity contribution in [1.29, 1.82) is 0 Å². The van der Waals surface area contributed by atoms with Crippen LogP contribution in [0.25, 0.3) is 0 Å². The number of carbonyl (C=O) groups excluding carboxylic acids is 1. The SMILES string of the molecule is C=C[C@H](OCc1ccccc1)[C@@H](OCc1ccccc1)[C@H](OCc1ccccc1)C(=O)COCc1ccccc1. The van der Waals surface area contributed by atoms with E-state index < -0.39 is 18.3 Å². The fourth-order valence-electron chi connectivity index (χ4n) is 4.24. The van der Waals surface area contributed by atoms with E-state index in [1.165, 1.54) is 0 Å². The summed E-state index contributed by atoms with van der Waals surface area (Å²) in [6, 6.07) is 39.2. The van der Waals surface area contributed by atoms with Gasteiger partial charge in [0.25, 0.3) is 0 Å². The molecule has 3 atom stereocenters. The Hall–Kier alpha value is -3.87. The Morgan fingerprint density at radius 1 is 0.575 bits per heavy atom. The molecule has 0 N–H and O–H groups in total. The Bertz CT molecular complexity index is 1260. The Balaban J connectivity index is 1.54. The van der Waals surface area contributed by atoms with Crippen molar-refractivity contribution in [2.45, 2.75) is 44.7 Å². The van der Waals surface area contributed by atoms with E-state index in [-0.39, 0.29) is 25.6 Å². The van der Waals surface area contributed by atoms with E-state index in [1.54, 1.807) is 6.08 Å². The molecule has 0 aliphatic rings. The van der Waals surface area contributed by atoms with Gasteiger partial charge < -0.3 is 18.9 Å². The summed E-state index contributed by atoms with van der Waals surface area (Å²) in [5, 5.41) is 0. The van der Waals surface area contributed by atoms with Gasteiger partial charge in [-0.05, 0) is 22.3 Å². The lowest BCUT2D eigenvalue weighted by molar-refractivity contribution is -0.164. The van der Waals surface area contributed by atoms with Gasteiger partial charge in [-0.2, -0.15) is 0 Å². The highest BCUT2D eigenvalue weighted by Gasteiger charge is 2.36. The molecule has 40 heavy (non-hydrogen) atoms. The van der Waals surface area contributed by atoms with Crippen molar-refractivity contribution < 1.29 is 23.7 Å². The number of hydrogen-bond acceptors (Lipinski definition) is 5. The van der Waals surface area contributed by atoms with Gasteiger partial charge in [0.05, 0.1) is 26.4 Å². The van der Waals surface area contributed by atoms with Crippen molar-refractivity contribution >= 4 is 5.78 Å². The quantitative estimate of drug-likeness (QED) is 0.140. The molecule has 0 bridgehead atoms. The largest absolute Gasteiger partial charge is 0.369 e. The first kappa shape index (κ1) is 29.1. The second-order valence-corrected chi connectivity index (χ2v) is 9.42. The molecule has 0 aliphatic heterocycles. The fraction of sp³-hybridized carbons (Fsp3) is 0.229. The number of rotatable bonds is 17. The van der Waals surface area contributed by atoms with E-state index >= 15 is 0 Å². The predicted octanol–water partition coefficient (Wildman–Crippen LogP) is 6.71. The molecule has 4 aromatic rings. The molecule has 4 rings (SSSR count). The predicted molar refractivity (Wildman–Crippen MR) is 156 cm³/mol. The minimum atomic E-state index is -0.946. The van der Waals surface area contributed by atoms with Gasteiger partial charge in [0, 0.05) is 0 Å². The van der Waals surface area contributed by atoms with Gasteiger partial charge in [-0.15, -0.1) is 6.58 Å². The maximum Gasteiger partial charge on any atom is 0.189 e. The summed E-state index contributed by atoms with van der Waals surface area (Å²) in [6.45, 7) is 5.07. The zero-order valence-electron chi connectivity index (χ0n) is 22.6. The summed E-state index contributed by atoms with van der Waals surface area (Å²) < 4.78 is 24.8. The average Bonchev–Trinajstić information content (AvgIpc) is 3.01. The first-order valence-corrected chi connectivity index (χ1v) is 13.5. The molecule has 0 saturated carbocycles. The molecule has 206 valence electrons. The lowest BCUT2D eigenvalue weighted by Gasteiger charge is -2.31. The van der Waals surface area contributed by atoms with Gasteiger partial charge in [-0.25, -0.2) is 0 Å². The highest BCUT2D eigenvalue weighted by Crippen LogP contribution is 2.20. The average molecular weight is 537 g/mol. The zero-order chi connectivity index (χ0) is 27.8. The zero-order valence-corrected chi connectivity index (χ0v) is 22.6. The van der Waals surface area contributed by atoms with E-state index in [2.05, 4.69) is 6.58 Å². The first-order valence-electron chi connectivity index (χ1n) is 13.5. The molecule has 0 aromatic heterocycles. The van der Waals surface area contributed by atoms with E-state index in [0.29, 0.717) is 13.2 Å². The van der Waals surface area contributed by atoms with Crippen LogP contribution in [0.1, 0.15) is 22.3 Å². The lowest BCUT2D eigenvalue weighted by Crippen LogP contribution is -2.47. The molecule has 0 amide bonds. The number of carbonyl (C=O) groups is 1. The summed E-state index contributed by atoms with van der Waals surface area (Å²) in [7, 11) is 0. The molecule has 4 aromatic carbocycles. The van der Waals surface area contributed by atoms with Crippen molar-refractivity contribution in [1.82, 2.24) is 0 Å². The van der Waals surface area contributed by atoms with E-state index in [4.69, 9.17) is 18.9 Å². The fourth-order valence-corrected chi connectivity index (χ4v) is 4.24. The van der Waals surface area contributed by atoms with E-state index in [0.717, 1.165) is 22.3 Å². The Kier molecular flexibility index (Phi) is 11.9. The summed E-state index contributed by atoms with van der Waals surface area (Å²) >= 11 is 0. The standard InChI is InChI=1S/C35H36O5/c1-2-33(38-24-29-17-9-4-10-18-29)35(40-26-31-21-13-6-14-22-31)34(39-25-30-19-11-5-12-20-30)32(36)27-37-23-28-15-7-3-8-16-28/h2-22,33-35H,1,23-27H2/t33-,34+,35+/m0/s1. The summed E-state index contributed by atoms with van der Waals surface area (Å²) in [5.74, 6) is -0.222. The molecule has 0 spiro atoms. The third kappa shape index (κ3) is 9.40. The number of Topliss-reactive ketones (excluding diaryl/α,β-unsaturated/α-hetero) is 1. The van der Waals surface area contributed by atoms with Gasteiger partial charge in [0.2, 0.25) is 0 Å². The number of benzene rings is 4. The molecule has 0 heterocycles. The van der Waals surface area contributed by atoms with Crippen molar-refractivity contribution in [3.63, 3.8) is 0 Å². The highest BCUT2D eigenvalue weighted by molar-refractivity contribution is 5.85. The third-order valence-corrected chi connectivity index (χ3v) is 6.37. The second-order valence-electron chi connectivity index (χ2n) is 9.42. The summed E-state index contributed by atoms with van der Waals surface area (Å²) in [4.78, 5) is 13.7. The van der Waals surface area contributed by atoms with Gasteiger partial charge in [0.1, 0.15) is 24.9 Å². The van der Waals surface area contributed by atoms with Gasteiger partial charge in [0.15, 0.2) is 5.78 Å². The smallest absolute Gasteiger partial charge is 0.189 e. The van der Waals surface area contributed by atoms with Crippen LogP contribution < -0.4 is 0 Å². The Morgan fingerprint density at radius 2 is 0.975 bits per heavy atom. The lowest BCUT2D eigenvalue weighted by atomic mass is 10.0. The topological polar surface area (TPSA) is 54.0 Å². The van der Waals surface area contributed by atoms with Crippen molar-refractivity contribution in [3.8, 4) is 0 Å². The van der Waals surface area contributed by atoms with E-state index in [1.807, 2.05) is 121 Å². The number of hydrogen-bond donors (Lipinski definition) is 0. The van der Waals surface area contributed by atoms with Gasteiger partial charge in [-0.3, -0.25) is 4.79 Å². The normalized spacial score (nSPS) is 13.3. The molecule has 0 saturated heterocycles. The first-order chi connectivity index (χ1) is 19.7. The minimum Gasteiger partial charge on any atom is -0.369 e. The van der Waals surface area contributed by atoms with Crippen LogP contribution in [-0.4, -0.2) is 30.7 Å². The molecule has 0 aliphatic carbocycles.